The van der Waals surface area contributed by atoms with Gasteiger partial charge in [0.2, 0.25) is 0 Å². The molecule has 7 rings (SSSR count). The summed E-state index contributed by atoms with van der Waals surface area (Å²) in [6.07, 6.45) is 14.2. The zero-order valence-corrected chi connectivity index (χ0v) is 30.2. The van der Waals surface area contributed by atoms with E-state index in [1.807, 2.05) is 42.5 Å². The summed E-state index contributed by atoms with van der Waals surface area (Å²) in [5.74, 6) is 5.07. The van der Waals surface area contributed by atoms with Gasteiger partial charge < -0.3 is 29.7 Å². The number of allylic oxidation sites excluding steroid dienone is 3. The normalized spacial score (nSPS) is 19.0. The lowest BCUT2D eigenvalue weighted by atomic mass is 9.80. The molecular formula is C45H49NO6. The molecule has 6 bridgehead atoms. The maximum atomic E-state index is 13.5. The van der Waals surface area contributed by atoms with Crippen molar-refractivity contribution in [2.45, 2.75) is 77.4 Å². The van der Waals surface area contributed by atoms with Crippen LogP contribution in [0.25, 0.3) is 10.8 Å². The predicted molar refractivity (Wildman–Crippen MR) is 207 cm³/mol. The van der Waals surface area contributed by atoms with Crippen molar-refractivity contribution in [1.29, 1.82) is 0 Å². The Kier molecular flexibility index (Phi) is 12.4. The van der Waals surface area contributed by atoms with Crippen LogP contribution in [0.1, 0.15) is 67.7 Å². The molecule has 0 amide bonds. The van der Waals surface area contributed by atoms with Crippen molar-refractivity contribution in [3.05, 3.63) is 119 Å². The number of anilines is 1. The predicted octanol–water partition coefficient (Wildman–Crippen LogP) is 9.41. The monoisotopic (exact) mass is 699 g/mol. The zero-order valence-electron chi connectivity index (χ0n) is 30.2. The van der Waals surface area contributed by atoms with Gasteiger partial charge in [-0.3, -0.25) is 4.79 Å². The van der Waals surface area contributed by atoms with E-state index >= 15 is 0 Å². The number of phenols is 1. The number of aliphatic hydroxyl groups is 1. The first kappa shape index (κ1) is 36.4. The summed E-state index contributed by atoms with van der Waals surface area (Å²) in [4.78, 5) is 13.5. The first-order valence-electron chi connectivity index (χ1n) is 18.5. The van der Waals surface area contributed by atoms with Gasteiger partial charge in [0.1, 0.15) is 36.1 Å². The third kappa shape index (κ3) is 9.70. The molecule has 0 spiro atoms. The largest absolute Gasteiger partial charge is 0.508 e. The van der Waals surface area contributed by atoms with Crippen LogP contribution >= 0.6 is 0 Å². The Morgan fingerprint density at radius 3 is 2.71 bits per heavy atom. The van der Waals surface area contributed by atoms with Gasteiger partial charge in [-0.25, -0.2) is 0 Å². The lowest BCUT2D eigenvalue weighted by molar-refractivity contribution is -0.121. The van der Waals surface area contributed by atoms with E-state index < -0.39 is 6.10 Å². The molecule has 1 aliphatic carbocycles. The SMILES string of the molecule is CCNc1cccc(CCCC[C@H]2C=CC(O)=C[C@H]2C[C@@H]2CC(=O)CCc3ccc(OC)c(c3)OCc3ccc4c(c(O)ccc4c3)CC#CO2)c1. The van der Waals surface area contributed by atoms with Crippen molar-refractivity contribution in [3.8, 4) is 29.3 Å². The maximum absolute atomic E-state index is 13.5. The van der Waals surface area contributed by atoms with E-state index in [4.69, 9.17) is 14.2 Å². The average Bonchev–Trinajstić information content (AvgIpc) is 3.14. The number of Topliss-reactive ketones (excluding diaryl/α,β-unsaturated/α-hetero) is 1. The van der Waals surface area contributed by atoms with Crippen molar-refractivity contribution in [2.75, 3.05) is 19.0 Å². The number of carbonyl (C=O) groups excluding carboxylic acids is 1. The second-order valence-corrected chi connectivity index (χ2v) is 13.8. The first-order chi connectivity index (χ1) is 25.4. The minimum Gasteiger partial charge on any atom is -0.508 e. The lowest BCUT2D eigenvalue weighted by Crippen LogP contribution is -2.24. The number of methoxy groups -OCH3 is 1. The van der Waals surface area contributed by atoms with Gasteiger partial charge >= 0.3 is 0 Å². The van der Waals surface area contributed by atoms with Crippen LogP contribution in [-0.2, 0) is 35.4 Å². The number of phenolic OH excluding ortho intramolecular Hbond substituents is 1. The molecule has 0 radical (unpaired) electrons. The van der Waals surface area contributed by atoms with Crippen molar-refractivity contribution >= 4 is 22.2 Å². The Morgan fingerprint density at radius 1 is 0.962 bits per heavy atom. The van der Waals surface area contributed by atoms with Gasteiger partial charge in [0.05, 0.1) is 7.11 Å². The summed E-state index contributed by atoms with van der Waals surface area (Å²) in [7, 11) is 1.62. The highest BCUT2D eigenvalue weighted by atomic mass is 16.5. The van der Waals surface area contributed by atoms with E-state index in [0.717, 1.165) is 65.4 Å². The highest BCUT2D eigenvalue weighted by Gasteiger charge is 2.27. The highest BCUT2D eigenvalue weighted by molar-refractivity contribution is 5.88. The Hall–Kier alpha value is -5.35. The van der Waals surface area contributed by atoms with E-state index in [1.165, 1.54) is 5.56 Å². The summed E-state index contributed by atoms with van der Waals surface area (Å²) >= 11 is 0. The molecule has 52 heavy (non-hydrogen) atoms. The molecule has 0 saturated heterocycles. The molecule has 2 heterocycles. The van der Waals surface area contributed by atoms with Crippen molar-refractivity contribution in [1.82, 2.24) is 0 Å². The number of fused-ring (bicyclic) bond motifs is 9. The smallest absolute Gasteiger partial charge is 0.161 e. The minimum atomic E-state index is -0.461. The van der Waals surface area contributed by atoms with Crippen LogP contribution < -0.4 is 14.8 Å². The molecule has 0 aromatic heterocycles. The van der Waals surface area contributed by atoms with Crippen LogP contribution in [0.2, 0.25) is 0 Å². The van der Waals surface area contributed by atoms with Crippen LogP contribution in [0.3, 0.4) is 0 Å². The van der Waals surface area contributed by atoms with Crippen molar-refractivity contribution in [2.24, 2.45) is 11.8 Å². The summed E-state index contributed by atoms with van der Waals surface area (Å²) in [5.41, 5.74) is 5.16. The number of hydrogen-bond donors (Lipinski definition) is 3. The van der Waals surface area contributed by atoms with Crippen molar-refractivity contribution < 1.29 is 29.2 Å². The fourth-order valence-corrected chi connectivity index (χ4v) is 7.29. The second kappa shape index (κ2) is 17.7. The molecule has 3 aliphatic rings. The standard InChI is InChI=1S/C45H49NO6/c1-3-46-37-11-6-9-31(25-37)8-4-5-10-34-16-19-38(47)27-36(34)28-40-29-39(48)18-13-32-15-22-44(50-2)45(26-32)52-30-33-14-20-41-35(24-33)17-21-43(49)42(41)12-7-23-51-40/h6,9,11,14-17,19-22,24-27,34,36,40,46-47,49H,3-5,8,10,12-13,18,28-30H2,1-2H3/t34-,36-,40+/m0/s1. The number of aromatic hydroxyl groups is 1. The fourth-order valence-electron chi connectivity index (χ4n) is 7.29. The lowest BCUT2D eigenvalue weighted by Gasteiger charge is -2.28. The van der Waals surface area contributed by atoms with Gasteiger partial charge in [0.25, 0.3) is 0 Å². The van der Waals surface area contributed by atoms with Gasteiger partial charge in [-0.1, -0.05) is 54.8 Å². The first-order valence-corrected chi connectivity index (χ1v) is 18.5. The number of aliphatic hydroxyl groups excluding tert-OH is 1. The molecule has 3 atom stereocenters. The van der Waals surface area contributed by atoms with E-state index in [-0.39, 0.29) is 42.0 Å². The van der Waals surface area contributed by atoms with E-state index in [2.05, 4.69) is 60.7 Å². The van der Waals surface area contributed by atoms with Crippen LogP contribution in [0.15, 0.2) is 96.8 Å². The van der Waals surface area contributed by atoms with Crippen LogP contribution in [0.5, 0.6) is 17.2 Å². The van der Waals surface area contributed by atoms with Gasteiger partial charge in [0, 0.05) is 37.1 Å². The molecule has 0 unspecified atom stereocenters. The molecule has 0 fully saturated rings. The van der Waals surface area contributed by atoms with Crippen LogP contribution in [0, 0.1) is 23.9 Å². The Bertz CT molecular complexity index is 1990. The maximum Gasteiger partial charge on any atom is 0.161 e. The fraction of sp³-hybridized carbons (Fsp3) is 0.356. The molecule has 0 saturated carbocycles. The number of hydrogen-bond acceptors (Lipinski definition) is 7. The molecular weight excluding hydrogens is 650 g/mol. The quantitative estimate of drug-likeness (QED) is 0.112. The Morgan fingerprint density at radius 2 is 1.85 bits per heavy atom. The minimum absolute atomic E-state index is 0.000827. The Balaban J connectivity index is 1.19. The van der Waals surface area contributed by atoms with Crippen LogP contribution in [0.4, 0.5) is 5.69 Å². The van der Waals surface area contributed by atoms with Crippen LogP contribution in [-0.4, -0.2) is 35.8 Å². The Labute approximate surface area is 307 Å². The number of benzene rings is 4. The van der Waals surface area contributed by atoms with Gasteiger partial charge in [-0.05, 0) is 127 Å². The third-order valence-corrected chi connectivity index (χ3v) is 10.0. The van der Waals surface area contributed by atoms with E-state index in [9.17, 15) is 15.0 Å². The van der Waals surface area contributed by atoms with E-state index in [0.29, 0.717) is 37.4 Å². The van der Waals surface area contributed by atoms with E-state index in [1.54, 1.807) is 19.3 Å². The molecule has 7 heteroatoms. The zero-order chi connectivity index (χ0) is 36.3. The third-order valence-electron chi connectivity index (χ3n) is 10.0. The number of ketones is 1. The molecule has 2 aliphatic heterocycles. The summed E-state index contributed by atoms with van der Waals surface area (Å²) < 4.78 is 18.0. The average molecular weight is 700 g/mol. The molecule has 4 aromatic rings. The number of unbranched alkanes of at least 4 members (excludes halogenated alkanes) is 1. The number of aryl methyl sites for hydroxylation is 2. The summed E-state index contributed by atoms with van der Waals surface area (Å²) in [5, 5.41) is 26.6. The number of nitrogens with one attached hydrogen (secondary N) is 1. The highest BCUT2D eigenvalue weighted by Crippen LogP contribution is 2.34. The topological polar surface area (TPSA) is 97.3 Å². The summed E-state index contributed by atoms with van der Waals surface area (Å²) in [6.45, 7) is 3.34. The molecule has 270 valence electrons. The second-order valence-electron chi connectivity index (χ2n) is 13.8. The number of carbonyl (C=O) groups is 1. The van der Waals surface area contributed by atoms with Gasteiger partial charge in [0.15, 0.2) is 11.5 Å². The molecule has 4 aromatic carbocycles. The number of ether oxygens (including phenoxy) is 3. The molecule has 7 nitrogen and oxygen atoms in total. The van der Waals surface area contributed by atoms with Gasteiger partial charge in [-0.2, -0.15) is 0 Å². The van der Waals surface area contributed by atoms with Crippen molar-refractivity contribution in [3.63, 3.8) is 0 Å². The number of rotatable bonds is 10. The molecule has 3 N–H and O–H groups in total. The van der Waals surface area contributed by atoms with Gasteiger partial charge in [-0.15, -0.1) is 0 Å². The summed E-state index contributed by atoms with van der Waals surface area (Å²) in [6, 6.07) is 24.0.